The van der Waals surface area contributed by atoms with Gasteiger partial charge in [0.1, 0.15) is 0 Å². The first-order valence-corrected chi connectivity index (χ1v) is 7.32. The van der Waals surface area contributed by atoms with Crippen molar-refractivity contribution >= 4 is 0 Å². The van der Waals surface area contributed by atoms with E-state index >= 15 is 0 Å². The molecule has 2 fully saturated rings. The molecule has 0 spiro atoms. The topological polar surface area (TPSA) is 18.5 Å². The third-order valence-electron chi connectivity index (χ3n) is 3.89. The predicted molar refractivity (Wildman–Crippen MR) is 69.9 cm³/mol. The Balaban J connectivity index is 1.58. The lowest BCUT2D eigenvalue weighted by molar-refractivity contribution is 0.0686. The number of rotatable bonds is 4. The summed E-state index contributed by atoms with van der Waals surface area (Å²) in [5, 5.41) is 0. The Labute approximate surface area is 105 Å². The maximum atomic E-state index is 5.67. The summed E-state index contributed by atoms with van der Waals surface area (Å²) < 4.78 is 11.3. The molecule has 2 heteroatoms. The fourth-order valence-electron chi connectivity index (χ4n) is 2.73. The zero-order valence-corrected chi connectivity index (χ0v) is 11.0. The van der Waals surface area contributed by atoms with E-state index in [-0.39, 0.29) is 0 Å². The Morgan fingerprint density at radius 2 is 2.00 bits per heavy atom. The average molecular weight is 238 g/mol. The first kappa shape index (κ1) is 12.9. The molecule has 0 aromatic rings. The van der Waals surface area contributed by atoms with Crippen LogP contribution < -0.4 is 0 Å². The molecule has 1 saturated heterocycles. The molecular weight excluding hydrogens is 212 g/mol. The van der Waals surface area contributed by atoms with E-state index in [9.17, 15) is 0 Å². The van der Waals surface area contributed by atoms with Crippen LogP contribution in [0.5, 0.6) is 0 Å². The predicted octanol–water partition coefficient (Wildman–Crippen LogP) is 4.06. The second-order valence-electron chi connectivity index (χ2n) is 5.43. The summed E-state index contributed by atoms with van der Waals surface area (Å²) in [7, 11) is 0. The molecule has 17 heavy (non-hydrogen) atoms. The molecule has 0 amide bonds. The molecule has 0 radical (unpaired) electrons. The van der Waals surface area contributed by atoms with Crippen molar-refractivity contribution in [1.29, 1.82) is 0 Å². The quantitative estimate of drug-likeness (QED) is 0.543. The number of hydrogen-bond acceptors (Lipinski definition) is 2. The molecule has 1 aliphatic carbocycles. The van der Waals surface area contributed by atoms with Crippen molar-refractivity contribution in [2.75, 3.05) is 19.8 Å². The number of allylic oxidation sites excluding steroid dienone is 1. The molecule has 0 N–H and O–H groups in total. The summed E-state index contributed by atoms with van der Waals surface area (Å²) >= 11 is 0. The minimum atomic E-state index is 0.720. The van der Waals surface area contributed by atoms with Crippen LogP contribution in [-0.4, -0.2) is 19.8 Å². The van der Waals surface area contributed by atoms with E-state index in [4.69, 9.17) is 9.47 Å². The normalized spacial score (nSPS) is 26.4. The van der Waals surface area contributed by atoms with Gasteiger partial charge in [-0.05, 0) is 56.4 Å². The van der Waals surface area contributed by atoms with Gasteiger partial charge in [-0.15, -0.1) is 0 Å². The van der Waals surface area contributed by atoms with Crippen LogP contribution in [0, 0.1) is 5.92 Å². The monoisotopic (exact) mass is 238 g/mol. The largest absolute Gasteiger partial charge is 0.501 e. The molecule has 98 valence electrons. The van der Waals surface area contributed by atoms with Gasteiger partial charge in [-0.3, -0.25) is 0 Å². The van der Waals surface area contributed by atoms with Crippen molar-refractivity contribution in [2.45, 2.75) is 57.8 Å². The Bertz CT molecular complexity index is 219. The van der Waals surface area contributed by atoms with E-state index in [1.54, 1.807) is 0 Å². The van der Waals surface area contributed by atoms with Crippen molar-refractivity contribution in [1.82, 2.24) is 0 Å². The van der Waals surface area contributed by atoms with E-state index in [1.807, 2.05) is 6.26 Å². The highest BCUT2D eigenvalue weighted by Crippen LogP contribution is 2.23. The molecule has 1 unspecified atom stereocenters. The van der Waals surface area contributed by atoms with E-state index < -0.39 is 0 Å². The minimum absolute atomic E-state index is 0.720. The van der Waals surface area contributed by atoms with Crippen LogP contribution in [0.3, 0.4) is 0 Å². The molecule has 0 aromatic heterocycles. The van der Waals surface area contributed by atoms with E-state index in [2.05, 4.69) is 0 Å². The first-order valence-electron chi connectivity index (χ1n) is 7.32. The zero-order chi connectivity index (χ0) is 11.8. The standard InChI is InChI=1S/C15H26O2/c1-2-6-15(13-16-10-5-1)9-11-17-12-14-7-3-4-8-14/h12,15H,1-11,13H2. The van der Waals surface area contributed by atoms with Crippen LogP contribution in [-0.2, 0) is 9.47 Å². The van der Waals surface area contributed by atoms with Gasteiger partial charge in [0.2, 0.25) is 0 Å². The van der Waals surface area contributed by atoms with Crippen LogP contribution in [0.25, 0.3) is 0 Å². The number of ether oxygens (including phenoxy) is 2. The van der Waals surface area contributed by atoms with Crippen LogP contribution in [0.15, 0.2) is 11.8 Å². The Morgan fingerprint density at radius 3 is 2.88 bits per heavy atom. The van der Waals surface area contributed by atoms with Crippen molar-refractivity contribution in [3.05, 3.63) is 11.8 Å². The van der Waals surface area contributed by atoms with Gasteiger partial charge in [-0.2, -0.15) is 0 Å². The summed E-state index contributed by atoms with van der Waals surface area (Å²) in [6.45, 7) is 2.78. The second kappa shape index (κ2) is 7.75. The Kier molecular flexibility index (Phi) is 5.90. The van der Waals surface area contributed by atoms with Gasteiger partial charge in [-0.25, -0.2) is 0 Å². The summed E-state index contributed by atoms with van der Waals surface area (Å²) in [6, 6.07) is 0. The van der Waals surface area contributed by atoms with E-state index in [0.29, 0.717) is 0 Å². The lowest BCUT2D eigenvalue weighted by atomic mass is 9.98. The van der Waals surface area contributed by atoms with Crippen molar-refractivity contribution < 1.29 is 9.47 Å². The molecule has 1 heterocycles. The smallest absolute Gasteiger partial charge is 0.0876 e. The Hall–Kier alpha value is -0.500. The zero-order valence-electron chi connectivity index (χ0n) is 11.0. The average Bonchev–Trinajstić information content (AvgIpc) is 2.79. The van der Waals surface area contributed by atoms with Gasteiger partial charge in [0.25, 0.3) is 0 Å². The summed E-state index contributed by atoms with van der Waals surface area (Å²) in [5.74, 6) is 0.720. The lowest BCUT2D eigenvalue weighted by Crippen LogP contribution is -2.15. The third-order valence-corrected chi connectivity index (χ3v) is 3.89. The van der Waals surface area contributed by atoms with Crippen LogP contribution in [0.1, 0.15) is 57.8 Å². The summed E-state index contributed by atoms with van der Waals surface area (Å²) in [5.41, 5.74) is 1.51. The molecule has 0 bridgehead atoms. The van der Waals surface area contributed by atoms with Crippen LogP contribution in [0.4, 0.5) is 0 Å². The minimum Gasteiger partial charge on any atom is -0.501 e. The molecule has 2 aliphatic rings. The highest BCUT2D eigenvalue weighted by atomic mass is 16.5. The summed E-state index contributed by atoms with van der Waals surface area (Å²) in [6.07, 6.45) is 13.7. The SMILES string of the molecule is C(OCCC1CCCCCOC1)=C1CCCC1. The molecular formula is C15H26O2. The van der Waals surface area contributed by atoms with Gasteiger partial charge >= 0.3 is 0 Å². The molecule has 1 saturated carbocycles. The molecule has 2 nitrogen and oxygen atoms in total. The molecule has 0 aromatic carbocycles. The van der Waals surface area contributed by atoms with Gasteiger partial charge in [-0.1, -0.05) is 12.8 Å². The van der Waals surface area contributed by atoms with Crippen molar-refractivity contribution in [2.24, 2.45) is 5.92 Å². The van der Waals surface area contributed by atoms with Gasteiger partial charge in [0.05, 0.1) is 12.9 Å². The maximum absolute atomic E-state index is 5.67. The maximum Gasteiger partial charge on any atom is 0.0876 e. The van der Waals surface area contributed by atoms with Crippen LogP contribution >= 0.6 is 0 Å². The fourth-order valence-corrected chi connectivity index (χ4v) is 2.73. The van der Waals surface area contributed by atoms with Gasteiger partial charge in [0.15, 0.2) is 0 Å². The molecule has 1 aliphatic heterocycles. The van der Waals surface area contributed by atoms with Crippen molar-refractivity contribution in [3.8, 4) is 0 Å². The molecule has 2 rings (SSSR count). The van der Waals surface area contributed by atoms with E-state index in [0.717, 1.165) is 32.2 Å². The molecule has 1 atom stereocenters. The van der Waals surface area contributed by atoms with E-state index in [1.165, 1.54) is 56.9 Å². The Morgan fingerprint density at radius 1 is 1.12 bits per heavy atom. The first-order chi connectivity index (χ1) is 8.45. The fraction of sp³-hybridized carbons (Fsp3) is 0.867. The van der Waals surface area contributed by atoms with Crippen molar-refractivity contribution in [3.63, 3.8) is 0 Å². The number of hydrogen-bond donors (Lipinski definition) is 0. The van der Waals surface area contributed by atoms with Crippen LogP contribution in [0.2, 0.25) is 0 Å². The lowest BCUT2D eigenvalue weighted by Gasteiger charge is -2.19. The van der Waals surface area contributed by atoms with Gasteiger partial charge < -0.3 is 9.47 Å². The summed E-state index contributed by atoms with van der Waals surface area (Å²) in [4.78, 5) is 0. The highest BCUT2D eigenvalue weighted by Gasteiger charge is 2.11. The third kappa shape index (κ3) is 5.12. The second-order valence-corrected chi connectivity index (χ2v) is 5.43. The highest BCUT2D eigenvalue weighted by molar-refractivity contribution is 5.02. The van der Waals surface area contributed by atoms with Gasteiger partial charge in [0, 0.05) is 13.2 Å².